The van der Waals surface area contributed by atoms with E-state index < -0.39 is 0 Å². The largest absolute Gasteiger partial charge is 0.497 e. The zero-order chi connectivity index (χ0) is 21.5. The maximum Gasteiger partial charge on any atom is 0.251 e. The van der Waals surface area contributed by atoms with Crippen LogP contribution in [0.4, 0.5) is 0 Å². The molecule has 1 aromatic rings. The lowest BCUT2D eigenvalue weighted by Crippen LogP contribution is -2.53. The van der Waals surface area contributed by atoms with E-state index in [1.807, 2.05) is 25.1 Å². The van der Waals surface area contributed by atoms with Gasteiger partial charge in [-0.05, 0) is 83.3 Å². The van der Waals surface area contributed by atoms with E-state index in [1.54, 1.807) is 7.11 Å². The topological polar surface area (TPSA) is 54.0 Å². The molecule has 0 bridgehead atoms. The first kappa shape index (κ1) is 23.0. The third-order valence-corrected chi connectivity index (χ3v) is 6.69. The van der Waals surface area contributed by atoms with Crippen LogP contribution in [0.1, 0.15) is 55.5 Å². The number of nitrogens with zero attached hydrogens (tertiary/aromatic N) is 2. The average Bonchev–Trinajstić information content (AvgIpc) is 2.77. The molecule has 1 N–H and O–H groups in total. The van der Waals surface area contributed by atoms with Gasteiger partial charge < -0.3 is 19.7 Å². The Morgan fingerprint density at radius 3 is 2.47 bits per heavy atom. The van der Waals surface area contributed by atoms with Crippen molar-refractivity contribution in [3.63, 3.8) is 0 Å². The molecule has 0 aliphatic carbocycles. The summed E-state index contributed by atoms with van der Waals surface area (Å²) < 4.78 is 10.9. The molecule has 3 rings (SSSR count). The van der Waals surface area contributed by atoms with Crippen molar-refractivity contribution in [3.05, 3.63) is 29.3 Å². The van der Waals surface area contributed by atoms with Crippen LogP contribution >= 0.6 is 0 Å². The van der Waals surface area contributed by atoms with Gasteiger partial charge in [-0.1, -0.05) is 0 Å². The number of aryl methyl sites for hydroxylation is 1. The summed E-state index contributed by atoms with van der Waals surface area (Å²) in [5.41, 5.74) is 1.66. The zero-order valence-electron chi connectivity index (χ0n) is 19.2. The second-order valence-electron chi connectivity index (χ2n) is 8.88. The number of methoxy groups -OCH3 is 1. The second-order valence-corrected chi connectivity index (χ2v) is 8.88. The fourth-order valence-electron chi connectivity index (χ4n) is 4.83. The van der Waals surface area contributed by atoms with Gasteiger partial charge in [-0.15, -0.1) is 0 Å². The van der Waals surface area contributed by atoms with E-state index in [4.69, 9.17) is 9.47 Å². The molecule has 0 aromatic heterocycles. The number of rotatable bonds is 8. The van der Waals surface area contributed by atoms with Gasteiger partial charge in [0.15, 0.2) is 0 Å². The van der Waals surface area contributed by atoms with Crippen LogP contribution in [0.15, 0.2) is 18.2 Å². The number of amides is 1. The van der Waals surface area contributed by atoms with Crippen molar-refractivity contribution in [1.82, 2.24) is 15.1 Å². The number of likely N-dealkylation sites (tertiary alicyclic amines) is 1. The molecule has 2 aliphatic rings. The number of nitrogens with one attached hydrogen (secondary N) is 1. The number of hydrogen-bond acceptors (Lipinski definition) is 5. The molecule has 30 heavy (non-hydrogen) atoms. The van der Waals surface area contributed by atoms with Gasteiger partial charge in [0.05, 0.1) is 7.11 Å². The maximum atomic E-state index is 12.7. The standard InChI is InChI=1S/C24H39N3O3/c1-18(2)26-12-7-20(8-13-26)27(21-9-15-30-16-10-21)14-11-25-24(28)23-6-5-22(29-4)17-19(23)3/h5-6,17-18,20-21H,7-16H2,1-4H3,(H,25,28). The van der Waals surface area contributed by atoms with Crippen molar-refractivity contribution >= 4 is 5.91 Å². The predicted molar refractivity (Wildman–Crippen MR) is 120 cm³/mol. The minimum absolute atomic E-state index is 0.00305. The Labute approximate surface area is 181 Å². The summed E-state index contributed by atoms with van der Waals surface area (Å²) in [4.78, 5) is 18.0. The third kappa shape index (κ3) is 5.96. The van der Waals surface area contributed by atoms with Crippen molar-refractivity contribution < 1.29 is 14.3 Å². The van der Waals surface area contributed by atoms with Crippen LogP contribution in [-0.2, 0) is 4.74 Å². The summed E-state index contributed by atoms with van der Waals surface area (Å²) in [5.74, 6) is 0.777. The van der Waals surface area contributed by atoms with Crippen LogP contribution in [0.2, 0.25) is 0 Å². The molecule has 2 aliphatic heterocycles. The summed E-state index contributed by atoms with van der Waals surface area (Å²) in [6, 6.07) is 7.39. The molecule has 0 spiro atoms. The highest BCUT2D eigenvalue weighted by Crippen LogP contribution is 2.24. The van der Waals surface area contributed by atoms with Gasteiger partial charge in [-0.25, -0.2) is 0 Å². The molecule has 0 atom stereocenters. The van der Waals surface area contributed by atoms with Gasteiger partial charge in [-0.2, -0.15) is 0 Å². The Bertz CT molecular complexity index is 680. The van der Waals surface area contributed by atoms with E-state index in [0.717, 1.165) is 49.5 Å². The van der Waals surface area contributed by atoms with E-state index in [9.17, 15) is 4.79 Å². The lowest BCUT2D eigenvalue weighted by Gasteiger charge is -2.44. The number of carbonyl (C=O) groups is 1. The molecular formula is C24H39N3O3. The normalized spacial score (nSPS) is 19.4. The van der Waals surface area contributed by atoms with Crippen LogP contribution in [0.5, 0.6) is 5.75 Å². The highest BCUT2D eigenvalue weighted by Gasteiger charge is 2.31. The van der Waals surface area contributed by atoms with Crippen molar-refractivity contribution in [2.75, 3.05) is 46.5 Å². The number of ether oxygens (including phenoxy) is 2. The van der Waals surface area contributed by atoms with Crippen molar-refractivity contribution in [3.8, 4) is 5.75 Å². The van der Waals surface area contributed by atoms with Crippen molar-refractivity contribution in [1.29, 1.82) is 0 Å². The van der Waals surface area contributed by atoms with Gasteiger partial charge in [0.2, 0.25) is 0 Å². The highest BCUT2D eigenvalue weighted by molar-refractivity contribution is 5.95. The smallest absolute Gasteiger partial charge is 0.251 e. The SMILES string of the molecule is COc1ccc(C(=O)NCCN(C2CCOCC2)C2CCN(C(C)C)CC2)c(C)c1. The first-order chi connectivity index (χ1) is 14.5. The van der Waals surface area contributed by atoms with E-state index in [0.29, 0.717) is 24.7 Å². The summed E-state index contributed by atoms with van der Waals surface area (Å²) in [5, 5.41) is 3.15. The van der Waals surface area contributed by atoms with Crippen molar-refractivity contribution in [2.45, 2.75) is 64.6 Å². The molecule has 6 nitrogen and oxygen atoms in total. The summed E-state index contributed by atoms with van der Waals surface area (Å²) in [7, 11) is 1.64. The molecule has 2 saturated heterocycles. The Balaban J connectivity index is 1.57. The maximum absolute atomic E-state index is 12.7. The van der Waals surface area contributed by atoms with Crippen LogP contribution in [-0.4, -0.2) is 80.3 Å². The van der Waals surface area contributed by atoms with E-state index in [1.165, 1.54) is 25.9 Å². The molecule has 6 heteroatoms. The van der Waals surface area contributed by atoms with E-state index in [2.05, 4.69) is 29.0 Å². The van der Waals surface area contributed by atoms with Crippen LogP contribution < -0.4 is 10.1 Å². The molecule has 168 valence electrons. The fourth-order valence-corrected chi connectivity index (χ4v) is 4.83. The molecule has 1 aromatic carbocycles. The van der Waals surface area contributed by atoms with E-state index >= 15 is 0 Å². The zero-order valence-corrected chi connectivity index (χ0v) is 19.2. The predicted octanol–water partition coefficient (Wildman–Crippen LogP) is 3.09. The first-order valence-electron chi connectivity index (χ1n) is 11.5. The van der Waals surface area contributed by atoms with Crippen LogP contribution in [0, 0.1) is 6.92 Å². The monoisotopic (exact) mass is 417 g/mol. The quantitative estimate of drug-likeness (QED) is 0.704. The third-order valence-electron chi connectivity index (χ3n) is 6.69. The second kappa shape index (κ2) is 11.1. The van der Waals surface area contributed by atoms with E-state index in [-0.39, 0.29) is 5.91 Å². The van der Waals surface area contributed by atoms with Crippen LogP contribution in [0.3, 0.4) is 0 Å². The lowest BCUT2D eigenvalue weighted by atomic mass is 9.97. The molecular weight excluding hydrogens is 378 g/mol. The Kier molecular flexibility index (Phi) is 8.54. The molecule has 2 fully saturated rings. The molecule has 1 amide bonds. The number of benzene rings is 1. The van der Waals surface area contributed by atoms with Gasteiger partial charge in [-0.3, -0.25) is 9.69 Å². The fraction of sp³-hybridized carbons (Fsp3) is 0.708. The summed E-state index contributed by atoms with van der Waals surface area (Å²) in [6.45, 7) is 12.1. The summed E-state index contributed by atoms with van der Waals surface area (Å²) >= 11 is 0. The lowest BCUT2D eigenvalue weighted by molar-refractivity contribution is 0.0000227. The average molecular weight is 418 g/mol. The molecule has 2 heterocycles. The highest BCUT2D eigenvalue weighted by atomic mass is 16.5. The Morgan fingerprint density at radius 2 is 1.87 bits per heavy atom. The minimum atomic E-state index is -0.00305. The molecule has 0 saturated carbocycles. The summed E-state index contributed by atoms with van der Waals surface area (Å²) in [6.07, 6.45) is 4.61. The van der Waals surface area contributed by atoms with Gasteiger partial charge in [0, 0.05) is 50.0 Å². The van der Waals surface area contributed by atoms with Gasteiger partial charge in [0.1, 0.15) is 5.75 Å². The number of carbonyl (C=O) groups excluding carboxylic acids is 1. The van der Waals surface area contributed by atoms with Crippen molar-refractivity contribution in [2.24, 2.45) is 0 Å². The first-order valence-corrected chi connectivity index (χ1v) is 11.5. The van der Waals surface area contributed by atoms with Gasteiger partial charge >= 0.3 is 0 Å². The molecule has 0 radical (unpaired) electrons. The number of hydrogen-bond donors (Lipinski definition) is 1. The van der Waals surface area contributed by atoms with Crippen LogP contribution in [0.25, 0.3) is 0 Å². The minimum Gasteiger partial charge on any atom is -0.497 e. The Hall–Kier alpha value is -1.63. The van der Waals surface area contributed by atoms with Gasteiger partial charge in [0.25, 0.3) is 5.91 Å². The Morgan fingerprint density at radius 1 is 1.20 bits per heavy atom. The number of piperidine rings is 1. The molecule has 0 unspecified atom stereocenters.